The Morgan fingerprint density at radius 2 is 1.94 bits per heavy atom. The van der Waals surface area contributed by atoms with Crippen molar-refractivity contribution >= 4 is 5.78 Å². The molecule has 0 amide bonds. The molecular formula is C15H16O. The summed E-state index contributed by atoms with van der Waals surface area (Å²) in [6, 6.07) is 8.19. The molecule has 1 atom stereocenters. The van der Waals surface area contributed by atoms with Crippen LogP contribution in [0.3, 0.4) is 0 Å². The fraction of sp³-hybridized carbons (Fsp3) is 0.267. The van der Waals surface area contributed by atoms with E-state index in [4.69, 9.17) is 0 Å². The summed E-state index contributed by atoms with van der Waals surface area (Å²) in [6.45, 7) is 4.16. The molecule has 0 bridgehead atoms. The van der Waals surface area contributed by atoms with Gasteiger partial charge in [0, 0.05) is 0 Å². The summed E-state index contributed by atoms with van der Waals surface area (Å²) >= 11 is 0. The molecule has 0 N–H and O–H groups in total. The molecule has 1 unspecified atom stereocenters. The van der Waals surface area contributed by atoms with Gasteiger partial charge in [-0.3, -0.25) is 4.79 Å². The SMILES string of the molecule is CCc1ccccc1C1C=C(C)C=CC1=O. The summed E-state index contributed by atoms with van der Waals surface area (Å²) in [7, 11) is 0. The molecule has 0 heterocycles. The van der Waals surface area contributed by atoms with Crippen LogP contribution in [-0.4, -0.2) is 5.78 Å². The minimum absolute atomic E-state index is 0.0823. The van der Waals surface area contributed by atoms with Gasteiger partial charge in [0.15, 0.2) is 5.78 Å². The van der Waals surface area contributed by atoms with Gasteiger partial charge in [-0.25, -0.2) is 0 Å². The zero-order valence-corrected chi connectivity index (χ0v) is 9.73. The number of allylic oxidation sites excluding steroid dienone is 4. The van der Waals surface area contributed by atoms with Crippen molar-refractivity contribution in [2.75, 3.05) is 0 Å². The lowest BCUT2D eigenvalue weighted by Crippen LogP contribution is -2.12. The fourth-order valence-corrected chi connectivity index (χ4v) is 2.12. The van der Waals surface area contributed by atoms with Crippen LogP contribution < -0.4 is 0 Å². The Labute approximate surface area is 96.5 Å². The Balaban J connectivity index is 2.44. The first-order valence-corrected chi connectivity index (χ1v) is 5.70. The molecule has 1 aromatic carbocycles. The number of hydrogen-bond donors (Lipinski definition) is 0. The van der Waals surface area contributed by atoms with Crippen molar-refractivity contribution < 1.29 is 4.79 Å². The normalized spacial score (nSPS) is 19.8. The lowest BCUT2D eigenvalue weighted by atomic mass is 9.86. The van der Waals surface area contributed by atoms with Gasteiger partial charge < -0.3 is 0 Å². The van der Waals surface area contributed by atoms with Crippen molar-refractivity contribution in [3.05, 3.63) is 59.2 Å². The molecule has 16 heavy (non-hydrogen) atoms. The number of rotatable bonds is 2. The van der Waals surface area contributed by atoms with Crippen LogP contribution >= 0.6 is 0 Å². The third-order valence-corrected chi connectivity index (χ3v) is 3.02. The maximum absolute atomic E-state index is 11.9. The molecular weight excluding hydrogens is 196 g/mol. The Bertz CT molecular complexity index is 466. The van der Waals surface area contributed by atoms with Gasteiger partial charge in [-0.15, -0.1) is 0 Å². The van der Waals surface area contributed by atoms with Gasteiger partial charge in [0.2, 0.25) is 0 Å². The molecule has 1 aromatic rings. The van der Waals surface area contributed by atoms with Gasteiger partial charge in [0.1, 0.15) is 0 Å². The molecule has 1 heteroatoms. The lowest BCUT2D eigenvalue weighted by molar-refractivity contribution is -0.115. The first-order chi connectivity index (χ1) is 7.72. The van der Waals surface area contributed by atoms with E-state index in [0.717, 1.165) is 17.6 Å². The molecule has 0 aromatic heterocycles. The van der Waals surface area contributed by atoms with Crippen LogP contribution in [0.25, 0.3) is 0 Å². The van der Waals surface area contributed by atoms with Crippen molar-refractivity contribution in [1.29, 1.82) is 0 Å². The largest absolute Gasteiger partial charge is 0.294 e. The van der Waals surface area contributed by atoms with E-state index in [0.29, 0.717) is 0 Å². The molecule has 1 aliphatic carbocycles. The standard InChI is InChI=1S/C15H16O/c1-3-12-6-4-5-7-13(12)14-10-11(2)8-9-15(14)16/h4-10,14H,3H2,1-2H3. The molecule has 1 nitrogen and oxygen atoms in total. The molecule has 82 valence electrons. The smallest absolute Gasteiger partial charge is 0.166 e. The highest BCUT2D eigenvalue weighted by Gasteiger charge is 2.20. The van der Waals surface area contributed by atoms with Crippen LogP contribution in [0.2, 0.25) is 0 Å². The Morgan fingerprint density at radius 1 is 1.19 bits per heavy atom. The Hall–Kier alpha value is -1.63. The first-order valence-electron chi connectivity index (χ1n) is 5.70. The Morgan fingerprint density at radius 3 is 2.69 bits per heavy atom. The van der Waals surface area contributed by atoms with Crippen molar-refractivity contribution in [2.45, 2.75) is 26.2 Å². The van der Waals surface area contributed by atoms with Crippen molar-refractivity contribution in [3.63, 3.8) is 0 Å². The van der Waals surface area contributed by atoms with E-state index in [9.17, 15) is 4.79 Å². The van der Waals surface area contributed by atoms with Gasteiger partial charge >= 0.3 is 0 Å². The average Bonchev–Trinajstić information content (AvgIpc) is 2.32. The van der Waals surface area contributed by atoms with Gasteiger partial charge in [0.25, 0.3) is 0 Å². The van der Waals surface area contributed by atoms with Gasteiger partial charge in [0.05, 0.1) is 5.92 Å². The van der Waals surface area contributed by atoms with Crippen LogP contribution in [0.4, 0.5) is 0 Å². The van der Waals surface area contributed by atoms with E-state index in [-0.39, 0.29) is 11.7 Å². The second-order valence-corrected chi connectivity index (χ2v) is 4.18. The van der Waals surface area contributed by atoms with Crippen molar-refractivity contribution in [3.8, 4) is 0 Å². The summed E-state index contributed by atoms with van der Waals surface area (Å²) in [5.74, 6) is 0.104. The molecule has 0 aliphatic heterocycles. The topological polar surface area (TPSA) is 17.1 Å². The summed E-state index contributed by atoms with van der Waals surface area (Å²) in [5.41, 5.74) is 3.58. The van der Waals surface area contributed by atoms with Gasteiger partial charge in [-0.05, 0) is 30.5 Å². The van der Waals surface area contributed by atoms with E-state index >= 15 is 0 Å². The zero-order chi connectivity index (χ0) is 11.5. The quantitative estimate of drug-likeness (QED) is 0.734. The maximum Gasteiger partial charge on any atom is 0.166 e. The van der Waals surface area contributed by atoms with E-state index in [1.165, 1.54) is 5.56 Å². The molecule has 0 saturated heterocycles. The average molecular weight is 212 g/mol. The zero-order valence-electron chi connectivity index (χ0n) is 9.73. The third-order valence-electron chi connectivity index (χ3n) is 3.02. The molecule has 1 aliphatic rings. The summed E-state index contributed by atoms with van der Waals surface area (Å²) in [4.78, 5) is 11.9. The monoisotopic (exact) mass is 212 g/mol. The summed E-state index contributed by atoms with van der Waals surface area (Å²) in [6.07, 6.45) is 6.59. The third kappa shape index (κ3) is 1.99. The number of ketones is 1. The first kappa shape index (κ1) is 10.9. The number of carbonyl (C=O) groups excluding carboxylic acids is 1. The molecule has 0 radical (unpaired) electrons. The predicted octanol–water partition coefficient (Wildman–Crippen LogP) is 3.42. The minimum atomic E-state index is -0.0823. The molecule has 2 rings (SSSR count). The van der Waals surface area contributed by atoms with Crippen LogP contribution in [0, 0.1) is 0 Å². The van der Waals surface area contributed by atoms with Gasteiger partial charge in [-0.1, -0.05) is 48.9 Å². The number of carbonyl (C=O) groups is 1. The number of aryl methyl sites for hydroxylation is 1. The predicted molar refractivity (Wildman–Crippen MR) is 66.5 cm³/mol. The van der Waals surface area contributed by atoms with Crippen LogP contribution in [-0.2, 0) is 11.2 Å². The Kier molecular flexibility index (Phi) is 3.04. The highest BCUT2D eigenvalue weighted by molar-refractivity contribution is 5.98. The van der Waals surface area contributed by atoms with Crippen LogP contribution in [0.15, 0.2) is 48.1 Å². The highest BCUT2D eigenvalue weighted by Crippen LogP contribution is 2.27. The lowest BCUT2D eigenvalue weighted by Gasteiger charge is -2.17. The summed E-state index contributed by atoms with van der Waals surface area (Å²) < 4.78 is 0. The number of hydrogen-bond acceptors (Lipinski definition) is 1. The van der Waals surface area contributed by atoms with Gasteiger partial charge in [-0.2, -0.15) is 0 Å². The highest BCUT2D eigenvalue weighted by atomic mass is 16.1. The van der Waals surface area contributed by atoms with Crippen molar-refractivity contribution in [2.24, 2.45) is 0 Å². The second-order valence-electron chi connectivity index (χ2n) is 4.18. The van der Waals surface area contributed by atoms with Crippen LogP contribution in [0.5, 0.6) is 0 Å². The second kappa shape index (κ2) is 4.48. The molecule has 0 saturated carbocycles. The fourth-order valence-electron chi connectivity index (χ4n) is 2.12. The number of benzene rings is 1. The summed E-state index contributed by atoms with van der Waals surface area (Å²) in [5, 5.41) is 0. The van der Waals surface area contributed by atoms with E-state index in [1.807, 2.05) is 25.1 Å². The van der Waals surface area contributed by atoms with Crippen molar-refractivity contribution in [1.82, 2.24) is 0 Å². The van der Waals surface area contributed by atoms with E-state index in [2.05, 4.69) is 25.1 Å². The molecule has 0 spiro atoms. The molecule has 0 fully saturated rings. The van der Waals surface area contributed by atoms with Crippen LogP contribution in [0.1, 0.15) is 30.9 Å². The van der Waals surface area contributed by atoms with E-state index in [1.54, 1.807) is 6.08 Å². The maximum atomic E-state index is 11.9. The van der Waals surface area contributed by atoms with E-state index < -0.39 is 0 Å². The minimum Gasteiger partial charge on any atom is -0.294 e.